The zero-order chi connectivity index (χ0) is 13.6. The van der Waals surface area contributed by atoms with Gasteiger partial charge in [-0.05, 0) is 41.7 Å². The fourth-order valence-electron chi connectivity index (χ4n) is 1.93. The Labute approximate surface area is 128 Å². The molecule has 1 heterocycles. The van der Waals surface area contributed by atoms with E-state index in [9.17, 15) is 0 Å². The Balaban J connectivity index is 1.77. The van der Waals surface area contributed by atoms with Crippen molar-refractivity contribution in [2.24, 2.45) is 4.99 Å². The maximum Gasteiger partial charge on any atom is 0.100 e. The highest BCUT2D eigenvalue weighted by Crippen LogP contribution is 2.32. The van der Waals surface area contributed by atoms with Crippen LogP contribution in [0.15, 0.2) is 81.5 Å². The maximum absolute atomic E-state index is 4.75. The SMILES string of the molecule is C(Sc1ccccc1)=C1CCSC1=Nc1ccccc1. The van der Waals surface area contributed by atoms with Gasteiger partial charge in [-0.3, -0.25) is 0 Å². The largest absolute Gasteiger partial charge is 0.242 e. The summed E-state index contributed by atoms with van der Waals surface area (Å²) in [5, 5.41) is 3.41. The predicted octanol–water partition coefficient (Wildman–Crippen LogP) is 5.53. The van der Waals surface area contributed by atoms with E-state index in [-0.39, 0.29) is 0 Å². The van der Waals surface area contributed by atoms with Gasteiger partial charge in [-0.2, -0.15) is 0 Å². The molecule has 0 saturated carbocycles. The van der Waals surface area contributed by atoms with Crippen LogP contribution in [0.25, 0.3) is 0 Å². The molecule has 1 fully saturated rings. The minimum absolute atomic E-state index is 1.03. The second-order valence-corrected chi connectivity index (χ2v) is 6.45. The fraction of sp³-hybridized carbons (Fsp3) is 0.118. The van der Waals surface area contributed by atoms with Crippen molar-refractivity contribution in [3.63, 3.8) is 0 Å². The molecule has 0 spiro atoms. The average Bonchev–Trinajstić information content (AvgIpc) is 2.94. The van der Waals surface area contributed by atoms with Gasteiger partial charge in [-0.1, -0.05) is 48.2 Å². The van der Waals surface area contributed by atoms with Crippen molar-refractivity contribution < 1.29 is 0 Å². The third-order valence-electron chi connectivity index (χ3n) is 2.95. The molecule has 0 radical (unpaired) electrons. The van der Waals surface area contributed by atoms with Crippen LogP contribution in [0.2, 0.25) is 0 Å². The minimum atomic E-state index is 1.03. The zero-order valence-corrected chi connectivity index (χ0v) is 12.7. The third-order valence-corrected chi connectivity index (χ3v) is 4.93. The number of benzene rings is 2. The highest BCUT2D eigenvalue weighted by Gasteiger charge is 2.16. The predicted molar refractivity (Wildman–Crippen MR) is 91.0 cm³/mol. The molecular weight excluding hydrogens is 282 g/mol. The van der Waals surface area contributed by atoms with E-state index in [0.29, 0.717) is 0 Å². The summed E-state index contributed by atoms with van der Waals surface area (Å²) in [4.78, 5) is 6.02. The van der Waals surface area contributed by atoms with Crippen molar-refractivity contribution in [1.82, 2.24) is 0 Å². The summed E-state index contributed by atoms with van der Waals surface area (Å²) in [5.74, 6) is 1.13. The van der Waals surface area contributed by atoms with Gasteiger partial charge in [0.1, 0.15) is 5.04 Å². The van der Waals surface area contributed by atoms with Gasteiger partial charge in [0, 0.05) is 10.6 Å². The third kappa shape index (κ3) is 3.56. The lowest BCUT2D eigenvalue weighted by Crippen LogP contribution is -1.88. The molecule has 1 nitrogen and oxygen atoms in total. The smallest absolute Gasteiger partial charge is 0.100 e. The first-order chi connectivity index (χ1) is 9.92. The van der Waals surface area contributed by atoms with E-state index in [1.165, 1.54) is 15.5 Å². The first kappa shape index (κ1) is 13.5. The fourth-order valence-corrected chi connectivity index (χ4v) is 3.86. The zero-order valence-electron chi connectivity index (χ0n) is 11.0. The van der Waals surface area contributed by atoms with Crippen LogP contribution in [-0.2, 0) is 0 Å². The molecule has 0 N–H and O–H groups in total. The molecule has 2 aromatic carbocycles. The summed E-state index contributed by atoms with van der Waals surface area (Å²) in [6.45, 7) is 0. The van der Waals surface area contributed by atoms with Crippen molar-refractivity contribution in [2.45, 2.75) is 11.3 Å². The van der Waals surface area contributed by atoms with Crippen LogP contribution >= 0.6 is 23.5 Å². The van der Waals surface area contributed by atoms with E-state index >= 15 is 0 Å². The van der Waals surface area contributed by atoms with E-state index in [4.69, 9.17) is 4.99 Å². The number of hydrogen-bond acceptors (Lipinski definition) is 3. The summed E-state index contributed by atoms with van der Waals surface area (Å²) in [6.07, 6.45) is 1.11. The van der Waals surface area contributed by atoms with E-state index < -0.39 is 0 Å². The number of thioether (sulfide) groups is 2. The Bertz CT molecular complexity index is 618. The van der Waals surface area contributed by atoms with E-state index in [1.54, 1.807) is 11.8 Å². The molecule has 1 aliphatic heterocycles. The Kier molecular flexibility index (Phi) is 4.61. The molecule has 3 heteroatoms. The lowest BCUT2D eigenvalue weighted by molar-refractivity contribution is 1.23. The second kappa shape index (κ2) is 6.82. The summed E-state index contributed by atoms with van der Waals surface area (Å²) >= 11 is 3.62. The first-order valence-electron chi connectivity index (χ1n) is 6.59. The number of aliphatic imine (C=N–C) groups is 1. The molecular formula is C17H15NS2. The van der Waals surface area contributed by atoms with Crippen LogP contribution in [0.4, 0.5) is 5.69 Å². The average molecular weight is 297 g/mol. The van der Waals surface area contributed by atoms with Crippen molar-refractivity contribution in [2.75, 3.05) is 5.75 Å². The van der Waals surface area contributed by atoms with E-state index in [0.717, 1.165) is 17.9 Å². The quantitative estimate of drug-likeness (QED) is 0.691. The molecule has 100 valence electrons. The van der Waals surface area contributed by atoms with E-state index in [2.05, 4.69) is 29.7 Å². The molecule has 0 unspecified atom stereocenters. The summed E-state index contributed by atoms with van der Waals surface area (Å²) in [6, 6.07) is 20.6. The van der Waals surface area contributed by atoms with Gasteiger partial charge < -0.3 is 0 Å². The highest BCUT2D eigenvalue weighted by atomic mass is 32.2. The standard InChI is InChI=1S/C17H15NS2/c1-3-7-15(8-4-1)18-17-14(11-12-19-17)13-20-16-9-5-2-6-10-16/h1-10,13H,11-12H2. The molecule has 0 aliphatic carbocycles. The number of nitrogens with zero attached hydrogens (tertiary/aromatic N) is 1. The van der Waals surface area contributed by atoms with Crippen LogP contribution in [0.3, 0.4) is 0 Å². The molecule has 0 amide bonds. The molecule has 1 saturated heterocycles. The van der Waals surface area contributed by atoms with E-state index in [1.807, 2.05) is 48.2 Å². The first-order valence-corrected chi connectivity index (χ1v) is 8.46. The summed E-state index contributed by atoms with van der Waals surface area (Å²) < 4.78 is 0. The molecule has 2 aromatic rings. The number of rotatable bonds is 3. The molecule has 1 aliphatic rings. The monoisotopic (exact) mass is 297 g/mol. The van der Waals surface area contributed by atoms with Gasteiger partial charge in [0.2, 0.25) is 0 Å². The Morgan fingerprint density at radius 2 is 1.65 bits per heavy atom. The molecule has 0 atom stereocenters. The Hall–Kier alpha value is -1.45. The van der Waals surface area contributed by atoms with Crippen molar-refractivity contribution in [3.05, 3.63) is 71.6 Å². The van der Waals surface area contributed by atoms with Crippen LogP contribution in [0.1, 0.15) is 6.42 Å². The van der Waals surface area contributed by atoms with Crippen molar-refractivity contribution in [3.8, 4) is 0 Å². The van der Waals surface area contributed by atoms with Crippen LogP contribution in [0, 0.1) is 0 Å². The van der Waals surface area contributed by atoms with Crippen molar-refractivity contribution in [1.29, 1.82) is 0 Å². The lowest BCUT2D eigenvalue weighted by atomic mass is 10.2. The minimum Gasteiger partial charge on any atom is -0.242 e. The Morgan fingerprint density at radius 3 is 2.40 bits per heavy atom. The van der Waals surface area contributed by atoms with Crippen LogP contribution < -0.4 is 0 Å². The van der Waals surface area contributed by atoms with Crippen LogP contribution in [0.5, 0.6) is 0 Å². The molecule has 3 rings (SSSR count). The van der Waals surface area contributed by atoms with Gasteiger partial charge >= 0.3 is 0 Å². The normalized spacial score (nSPS) is 18.8. The van der Waals surface area contributed by atoms with Gasteiger partial charge in [0.25, 0.3) is 0 Å². The molecule has 0 bridgehead atoms. The number of hydrogen-bond donors (Lipinski definition) is 0. The van der Waals surface area contributed by atoms with Crippen LogP contribution in [-0.4, -0.2) is 10.8 Å². The van der Waals surface area contributed by atoms with Crippen molar-refractivity contribution >= 4 is 34.3 Å². The van der Waals surface area contributed by atoms with Gasteiger partial charge in [0.05, 0.1) is 5.69 Å². The topological polar surface area (TPSA) is 12.4 Å². The summed E-state index contributed by atoms with van der Waals surface area (Å²) in [5.41, 5.74) is 2.39. The number of para-hydroxylation sites is 1. The lowest BCUT2D eigenvalue weighted by Gasteiger charge is -2.00. The highest BCUT2D eigenvalue weighted by molar-refractivity contribution is 8.15. The van der Waals surface area contributed by atoms with Gasteiger partial charge in [0.15, 0.2) is 0 Å². The van der Waals surface area contributed by atoms with Gasteiger partial charge in [-0.15, -0.1) is 11.8 Å². The maximum atomic E-state index is 4.75. The molecule has 20 heavy (non-hydrogen) atoms. The Morgan fingerprint density at radius 1 is 0.950 bits per heavy atom. The van der Waals surface area contributed by atoms with Gasteiger partial charge in [-0.25, -0.2) is 4.99 Å². The second-order valence-electron chi connectivity index (χ2n) is 4.42. The summed E-state index contributed by atoms with van der Waals surface area (Å²) in [7, 11) is 0. The molecule has 0 aromatic heterocycles.